The number of likely N-dealkylation sites (tertiary alicyclic amines) is 1. The van der Waals surface area contributed by atoms with Crippen molar-refractivity contribution < 1.29 is 24.1 Å². The molecule has 0 spiro atoms. The lowest BCUT2D eigenvalue weighted by Crippen LogP contribution is -2.58. The van der Waals surface area contributed by atoms with Gasteiger partial charge in [0.15, 0.2) is 17.1 Å². The first-order valence-corrected chi connectivity index (χ1v) is 10.1. The van der Waals surface area contributed by atoms with Crippen LogP contribution in [0.15, 0.2) is 18.2 Å². The molecule has 2 heterocycles. The van der Waals surface area contributed by atoms with E-state index in [2.05, 4.69) is 5.32 Å². The molecule has 28 heavy (non-hydrogen) atoms. The number of aliphatic hydroxyl groups is 1. The van der Waals surface area contributed by atoms with Crippen molar-refractivity contribution in [1.82, 2.24) is 10.2 Å². The minimum Gasteiger partial charge on any atom is -0.493 e. The first-order chi connectivity index (χ1) is 13.6. The van der Waals surface area contributed by atoms with Crippen LogP contribution in [-0.4, -0.2) is 68.6 Å². The summed E-state index contributed by atoms with van der Waals surface area (Å²) in [5, 5.41) is 14.3. The molecular weight excluding hydrogens is 360 g/mol. The minimum absolute atomic E-state index is 0.219. The van der Waals surface area contributed by atoms with Crippen LogP contribution in [0, 0.1) is 5.92 Å². The summed E-state index contributed by atoms with van der Waals surface area (Å²) in [6.07, 6.45) is 3.31. The van der Waals surface area contributed by atoms with Crippen LogP contribution in [0.5, 0.6) is 11.5 Å². The monoisotopic (exact) mass is 392 g/mol. The first kappa shape index (κ1) is 20.9. The number of carbonyl (C=O) groups is 1. The number of methoxy groups -OCH3 is 2. The van der Waals surface area contributed by atoms with E-state index in [-0.39, 0.29) is 12.5 Å². The Morgan fingerprint density at radius 3 is 2.79 bits per heavy atom. The minimum atomic E-state index is -1.35. The highest BCUT2D eigenvalue weighted by atomic mass is 16.5. The van der Waals surface area contributed by atoms with Crippen molar-refractivity contribution in [1.29, 1.82) is 0 Å². The molecule has 0 bridgehead atoms. The van der Waals surface area contributed by atoms with E-state index in [1.54, 1.807) is 19.1 Å². The maximum absolute atomic E-state index is 13.0. The van der Waals surface area contributed by atoms with Crippen LogP contribution >= 0.6 is 0 Å². The number of carbonyl (C=O) groups excluding carboxylic acids is 1. The van der Waals surface area contributed by atoms with E-state index in [1.165, 1.54) is 0 Å². The predicted molar refractivity (Wildman–Crippen MR) is 106 cm³/mol. The SMILES string of the molecule is COc1cccc(CN2CCC[C@@](O)(CNCC3CCOCC3)C2=O)c1OC. The molecule has 0 aromatic heterocycles. The number of hydrogen-bond donors (Lipinski definition) is 2. The normalized spacial score (nSPS) is 23.7. The van der Waals surface area contributed by atoms with Crippen molar-refractivity contribution in [3.05, 3.63) is 23.8 Å². The molecule has 0 aliphatic carbocycles. The van der Waals surface area contributed by atoms with Gasteiger partial charge in [-0.15, -0.1) is 0 Å². The molecule has 1 amide bonds. The number of ether oxygens (including phenoxy) is 3. The second-order valence-corrected chi connectivity index (χ2v) is 7.70. The number of piperidine rings is 1. The lowest BCUT2D eigenvalue weighted by atomic mass is 9.90. The molecule has 7 nitrogen and oxygen atoms in total. The van der Waals surface area contributed by atoms with Gasteiger partial charge in [-0.2, -0.15) is 0 Å². The van der Waals surface area contributed by atoms with Gasteiger partial charge in [0.05, 0.1) is 14.2 Å². The highest BCUT2D eigenvalue weighted by molar-refractivity contribution is 5.86. The number of nitrogens with one attached hydrogen (secondary N) is 1. The van der Waals surface area contributed by atoms with E-state index >= 15 is 0 Å². The van der Waals surface area contributed by atoms with Crippen LogP contribution in [0.3, 0.4) is 0 Å². The molecule has 1 aromatic rings. The molecule has 3 rings (SSSR count). The molecule has 0 radical (unpaired) electrons. The summed E-state index contributed by atoms with van der Waals surface area (Å²) in [7, 11) is 3.19. The van der Waals surface area contributed by atoms with Crippen molar-refractivity contribution in [2.75, 3.05) is 47.1 Å². The van der Waals surface area contributed by atoms with Crippen LogP contribution in [0.25, 0.3) is 0 Å². The van der Waals surface area contributed by atoms with Crippen molar-refractivity contribution >= 4 is 5.91 Å². The van der Waals surface area contributed by atoms with Gasteiger partial charge in [0, 0.05) is 38.4 Å². The van der Waals surface area contributed by atoms with Gasteiger partial charge in [-0.05, 0) is 44.2 Å². The second kappa shape index (κ2) is 9.58. The fraction of sp³-hybridized carbons (Fsp3) is 0.667. The van der Waals surface area contributed by atoms with Crippen LogP contribution in [0.4, 0.5) is 0 Å². The maximum atomic E-state index is 13.0. The average molecular weight is 392 g/mol. The maximum Gasteiger partial charge on any atom is 0.256 e. The Hall–Kier alpha value is -1.83. The smallest absolute Gasteiger partial charge is 0.256 e. The quantitative estimate of drug-likeness (QED) is 0.699. The Morgan fingerprint density at radius 2 is 2.07 bits per heavy atom. The van der Waals surface area contributed by atoms with Gasteiger partial charge in [0.25, 0.3) is 5.91 Å². The first-order valence-electron chi connectivity index (χ1n) is 10.1. The Labute approximate surface area is 166 Å². The Kier molecular flexibility index (Phi) is 7.15. The van der Waals surface area contributed by atoms with E-state index in [0.717, 1.165) is 44.6 Å². The molecule has 2 saturated heterocycles. The molecule has 1 atom stereocenters. The van der Waals surface area contributed by atoms with Gasteiger partial charge < -0.3 is 29.5 Å². The zero-order chi connectivity index (χ0) is 20.0. The molecule has 0 unspecified atom stereocenters. The molecule has 7 heteroatoms. The van der Waals surface area contributed by atoms with Gasteiger partial charge in [-0.25, -0.2) is 0 Å². The van der Waals surface area contributed by atoms with Crippen LogP contribution in [0.1, 0.15) is 31.2 Å². The largest absolute Gasteiger partial charge is 0.493 e. The van der Waals surface area contributed by atoms with Crippen LogP contribution in [-0.2, 0) is 16.1 Å². The lowest BCUT2D eigenvalue weighted by molar-refractivity contribution is -0.157. The summed E-state index contributed by atoms with van der Waals surface area (Å²) in [6.45, 7) is 3.71. The standard InChI is InChI=1S/C21H32N2O5/c1-26-18-6-3-5-17(19(18)27-2)14-23-10-4-9-21(25,20(23)24)15-22-13-16-7-11-28-12-8-16/h3,5-6,16,22,25H,4,7-15H2,1-2H3/t21-/m1/s1. The third-order valence-electron chi connectivity index (χ3n) is 5.74. The van der Waals surface area contributed by atoms with Gasteiger partial charge in [0.1, 0.15) is 0 Å². The molecule has 2 N–H and O–H groups in total. The van der Waals surface area contributed by atoms with Crippen molar-refractivity contribution in [3.8, 4) is 11.5 Å². The van der Waals surface area contributed by atoms with Crippen molar-refractivity contribution in [2.45, 2.75) is 37.8 Å². The summed E-state index contributed by atoms with van der Waals surface area (Å²) in [5.41, 5.74) is -0.482. The fourth-order valence-corrected chi connectivity index (χ4v) is 4.10. The number of para-hydroxylation sites is 1. The highest BCUT2D eigenvalue weighted by Crippen LogP contribution is 2.33. The van der Waals surface area contributed by atoms with Crippen molar-refractivity contribution in [2.24, 2.45) is 5.92 Å². The van der Waals surface area contributed by atoms with Gasteiger partial charge in [-0.1, -0.05) is 12.1 Å². The van der Waals surface area contributed by atoms with Crippen LogP contribution in [0.2, 0.25) is 0 Å². The molecular formula is C21H32N2O5. The number of nitrogens with zero attached hydrogens (tertiary/aromatic N) is 1. The zero-order valence-corrected chi connectivity index (χ0v) is 16.9. The summed E-state index contributed by atoms with van der Waals surface area (Å²) in [6, 6.07) is 5.63. The van der Waals surface area contributed by atoms with E-state index in [0.29, 0.717) is 36.9 Å². The topological polar surface area (TPSA) is 80.3 Å². The summed E-state index contributed by atoms with van der Waals surface area (Å²) in [4.78, 5) is 14.8. The van der Waals surface area contributed by atoms with Crippen molar-refractivity contribution in [3.63, 3.8) is 0 Å². The number of rotatable bonds is 8. The van der Waals surface area contributed by atoms with E-state index in [1.807, 2.05) is 18.2 Å². The number of benzene rings is 1. The van der Waals surface area contributed by atoms with Gasteiger partial charge in [-0.3, -0.25) is 4.79 Å². The van der Waals surface area contributed by atoms with Gasteiger partial charge in [0.2, 0.25) is 0 Å². The number of hydrogen-bond acceptors (Lipinski definition) is 6. The van der Waals surface area contributed by atoms with E-state index in [9.17, 15) is 9.90 Å². The Bertz CT molecular complexity index is 662. The summed E-state index contributed by atoms with van der Waals surface area (Å²) in [5.74, 6) is 1.60. The average Bonchev–Trinajstić information content (AvgIpc) is 2.72. The zero-order valence-electron chi connectivity index (χ0n) is 16.9. The molecule has 1 aromatic carbocycles. The molecule has 2 fully saturated rings. The highest BCUT2D eigenvalue weighted by Gasteiger charge is 2.42. The van der Waals surface area contributed by atoms with Gasteiger partial charge >= 0.3 is 0 Å². The fourth-order valence-electron chi connectivity index (χ4n) is 4.10. The lowest BCUT2D eigenvalue weighted by Gasteiger charge is -2.39. The number of amides is 1. The Balaban J connectivity index is 1.61. The third-order valence-corrected chi connectivity index (χ3v) is 5.74. The molecule has 2 aliphatic rings. The summed E-state index contributed by atoms with van der Waals surface area (Å²) >= 11 is 0. The van der Waals surface area contributed by atoms with Crippen LogP contribution < -0.4 is 14.8 Å². The Morgan fingerprint density at radius 1 is 1.29 bits per heavy atom. The molecule has 2 aliphatic heterocycles. The molecule has 156 valence electrons. The second-order valence-electron chi connectivity index (χ2n) is 7.70. The van der Waals surface area contributed by atoms with E-state index in [4.69, 9.17) is 14.2 Å². The third kappa shape index (κ3) is 4.77. The predicted octanol–water partition coefficient (Wildman–Crippen LogP) is 1.57. The summed E-state index contributed by atoms with van der Waals surface area (Å²) < 4.78 is 16.2. The van der Waals surface area contributed by atoms with E-state index < -0.39 is 5.60 Å². The molecule has 0 saturated carbocycles.